The molecule has 7 rings (SSSR count). The van der Waals surface area contributed by atoms with Gasteiger partial charge in [-0.25, -0.2) is 0 Å². The SMILES string of the molecule is CC1C2C3C=CC(C3)C2C(C)C2C3CC(c4cc5ccc(C=O)cc5cc43)C12. The predicted octanol–water partition coefficient (Wildman–Crippen LogP) is 6.19. The van der Waals surface area contributed by atoms with Crippen molar-refractivity contribution in [3.8, 4) is 0 Å². The summed E-state index contributed by atoms with van der Waals surface area (Å²) in [5.74, 6) is 8.57. The van der Waals surface area contributed by atoms with Gasteiger partial charge in [0.05, 0.1) is 0 Å². The largest absolute Gasteiger partial charge is 0.298 e. The molecule has 2 aromatic rings. The van der Waals surface area contributed by atoms with Gasteiger partial charge < -0.3 is 0 Å². The molecule has 0 aliphatic heterocycles. The summed E-state index contributed by atoms with van der Waals surface area (Å²) in [4.78, 5) is 11.2. The lowest BCUT2D eigenvalue weighted by atomic mass is 9.52. The van der Waals surface area contributed by atoms with Gasteiger partial charge in [0.15, 0.2) is 0 Å². The normalized spacial score (nSPS) is 46.6. The summed E-state index contributed by atoms with van der Waals surface area (Å²) in [6.07, 6.45) is 8.91. The van der Waals surface area contributed by atoms with E-state index in [1.54, 1.807) is 11.1 Å². The smallest absolute Gasteiger partial charge is 0.150 e. The number of rotatable bonds is 1. The van der Waals surface area contributed by atoms with Crippen molar-refractivity contribution in [2.24, 2.45) is 47.3 Å². The fraction of sp³-hybridized carbons (Fsp3) is 0.519. The van der Waals surface area contributed by atoms with Gasteiger partial charge in [-0.2, -0.15) is 0 Å². The van der Waals surface area contributed by atoms with Gasteiger partial charge in [-0.15, -0.1) is 0 Å². The van der Waals surface area contributed by atoms with Crippen LogP contribution in [0.2, 0.25) is 0 Å². The number of carbonyl (C=O) groups excluding carboxylic acids is 1. The quantitative estimate of drug-likeness (QED) is 0.433. The van der Waals surface area contributed by atoms with E-state index < -0.39 is 0 Å². The molecular weight excluding hydrogens is 340 g/mol. The van der Waals surface area contributed by atoms with Gasteiger partial charge >= 0.3 is 0 Å². The van der Waals surface area contributed by atoms with E-state index in [9.17, 15) is 4.79 Å². The van der Waals surface area contributed by atoms with Gasteiger partial charge in [0, 0.05) is 5.56 Å². The van der Waals surface area contributed by atoms with Crippen LogP contribution in [0.4, 0.5) is 0 Å². The first-order valence-corrected chi connectivity index (χ1v) is 11.4. The van der Waals surface area contributed by atoms with Gasteiger partial charge in [-0.3, -0.25) is 4.79 Å². The molecule has 0 radical (unpaired) electrons. The molecule has 2 aromatic carbocycles. The van der Waals surface area contributed by atoms with Crippen molar-refractivity contribution < 1.29 is 4.79 Å². The molecule has 1 nitrogen and oxygen atoms in total. The van der Waals surface area contributed by atoms with Crippen LogP contribution in [-0.2, 0) is 0 Å². The summed E-state index contributed by atoms with van der Waals surface area (Å²) < 4.78 is 0. The van der Waals surface area contributed by atoms with Crippen LogP contribution in [0.3, 0.4) is 0 Å². The Kier molecular flexibility index (Phi) is 2.95. The third kappa shape index (κ3) is 1.74. The van der Waals surface area contributed by atoms with E-state index in [0.717, 1.165) is 71.0 Å². The molecular formula is C27H28O. The molecule has 5 aliphatic carbocycles. The van der Waals surface area contributed by atoms with Gasteiger partial charge in [0.2, 0.25) is 0 Å². The third-order valence-electron chi connectivity index (χ3n) is 9.89. The first-order chi connectivity index (χ1) is 13.7. The van der Waals surface area contributed by atoms with Crippen LogP contribution in [0.1, 0.15) is 60.0 Å². The van der Waals surface area contributed by atoms with E-state index in [1.165, 1.54) is 23.6 Å². The van der Waals surface area contributed by atoms with Crippen molar-refractivity contribution >= 4 is 17.1 Å². The fourth-order valence-corrected chi connectivity index (χ4v) is 9.19. The van der Waals surface area contributed by atoms with Crippen LogP contribution in [0.5, 0.6) is 0 Å². The zero-order valence-corrected chi connectivity index (χ0v) is 16.7. The van der Waals surface area contributed by atoms with Crippen molar-refractivity contribution in [3.63, 3.8) is 0 Å². The minimum Gasteiger partial charge on any atom is -0.298 e. The maximum Gasteiger partial charge on any atom is 0.150 e. The Morgan fingerprint density at radius 1 is 0.750 bits per heavy atom. The van der Waals surface area contributed by atoms with E-state index in [2.05, 4.69) is 50.3 Å². The van der Waals surface area contributed by atoms with E-state index in [4.69, 9.17) is 0 Å². The second-order valence-corrected chi connectivity index (χ2v) is 10.6. The Morgan fingerprint density at radius 2 is 1.36 bits per heavy atom. The van der Waals surface area contributed by atoms with Crippen LogP contribution >= 0.6 is 0 Å². The van der Waals surface area contributed by atoms with E-state index in [1.807, 2.05) is 6.07 Å². The molecule has 5 aliphatic rings. The molecule has 4 bridgehead atoms. The van der Waals surface area contributed by atoms with E-state index in [-0.39, 0.29) is 0 Å². The monoisotopic (exact) mass is 368 g/mol. The first kappa shape index (κ1) is 16.0. The second-order valence-electron chi connectivity index (χ2n) is 10.6. The van der Waals surface area contributed by atoms with Crippen LogP contribution in [0.15, 0.2) is 42.5 Å². The molecule has 10 atom stereocenters. The van der Waals surface area contributed by atoms with Crippen molar-refractivity contribution in [3.05, 3.63) is 59.2 Å². The summed E-state index contributed by atoms with van der Waals surface area (Å²) >= 11 is 0. The summed E-state index contributed by atoms with van der Waals surface area (Å²) in [5, 5.41) is 2.57. The molecule has 3 saturated carbocycles. The van der Waals surface area contributed by atoms with Crippen molar-refractivity contribution in [1.29, 1.82) is 0 Å². The Bertz CT molecular complexity index is 1050. The topological polar surface area (TPSA) is 17.1 Å². The molecule has 0 aromatic heterocycles. The number of benzene rings is 2. The van der Waals surface area contributed by atoms with E-state index in [0.29, 0.717) is 0 Å². The zero-order valence-electron chi connectivity index (χ0n) is 16.7. The summed E-state index contributed by atoms with van der Waals surface area (Å²) in [6.45, 7) is 5.20. The lowest BCUT2D eigenvalue weighted by Crippen LogP contribution is -2.47. The molecule has 0 amide bonds. The average Bonchev–Trinajstić information content (AvgIpc) is 3.48. The van der Waals surface area contributed by atoms with Crippen molar-refractivity contribution in [2.75, 3.05) is 0 Å². The molecule has 10 unspecified atom stereocenters. The van der Waals surface area contributed by atoms with E-state index >= 15 is 0 Å². The molecule has 1 heteroatoms. The van der Waals surface area contributed by atoms with Gasteiger partial charge in [0.25, 0.3) is 0 Å². The van der Waals surface area contributed by atoms with Crippen molar-refractivity contribution in [2.45, 2.75) is 38.5 Å². The van der Waals surface area contributed by atoms with Crippen LogP contribution in [-0.4, -0.2) is 6.29 Å². The molecule has 142 valence electrons. The zero-order chi connectivity index (χ0) is 18.7. The highest BCUT2D eigenvalue weighted by atomic mass is 16.1. The summed E-state index contributed by atoms with van der Waals surface area (Å²) in [6, 6.07) is 11.1. The summed E-state index contributed by atoms with van der Waals surface area (Å²) in [5.41, 5.74) is 4.07. The molecule has 3 fully saturated rings. The number of allylic oxidation sites excluding steroid dienone is 2. The van der Waals surface area contributed by atoms with Crippen LogP contribution in [0.25, 0.3) is 10.8 Å². The number of carbonyl (C=O) groups is 1. The highest BCUT2D eigenvalue weighted by Gasteiger charge is 2.63. The number of fused-ring (bicyclic) bond motifs is 14. The average molecular weight is 369 g/mol. The second kappa shape index (κ2) is 5.17. The standard InChI is InChI=1S/C27H28O/c1-13-24-17-5-6-18(8-17)25(24)14(2)27-23-11-22(26(13)27)20-9-16-4-3-15(12-28)7-19(16)10-21(20)23/h3-7,9-10,12-14,17-18,22-27H,8,11H2,1-2H3. The van der Waals surface area contributed by atoms with Crippen LogP contribution < -0.4 is 0 Å². The minimum absolute atomic E-state index is 0.746. The summed E-state index contributed by atoms with van der Waals surface area (Å²) in [7, 11) is 0. The molecule has 0 heterocycles. The minimum atomic E-state index is 0.746. The van der Waals surface area contributed by atoms with Gasteiger partial charge in [0.1, 0.15) is 6.29 Å². The maximum atomic E-state index is 11.2. The molecule has 0 spiro atoms. The number of hydrogen-bond donors (Lipinski definition) is 0. The molecule has 0 N–H and O–H groups in total. The molecule has 28 heavy (non-hydrogen) atoms. The highest BCUT2D eigenvalue weighted by Crippen LogP contribution is 2.71. The Labute approximate surface area is 167 Å². The number of aldehydes is 1. The Balaban J connectivity index is 1.37. The maximum absolute atomic E-state index is 11.2. The number of hydrogen-bond acceptors (Lipinski definition) is 1. The molecule has 0 saturated heterocycles. The van der Waals surface area contributed by atoms with Gasteiger partial charge in [-0.05, 0) is 100.0 Å². The lowest BCUT2D eigenvalue weighted by Gasteiger charge is -2.53. The first-order valence-electron chi connectivity index (χ1n) is 11.4. The fourth-order valence-electron chi connectivity index (χ4n) is 9.19. The van der Waals surface area contributed by atoms with Gasteiger partial charge in [-0.1, -0.05) is 50.3 Å². The Hall–Kier alpha value is -1.89. The lowest BCUT2D eigenvalue weighted by molar-refractivity contribution is -0.0101. The predicted molar refractivity (Wildman–Crippen MR) is 112 cm³/mol. The van der Waals surface area contributed by atoms with Crippen molar-refractivity contribution in [1.82, 2.24) is 0 Å². The highest BCUT2D eigenvalue weighted by molar-refractivity contribution is 5.90. The Morgan fingerprint density at radius 3 is 1.96 bits per heavy atom. The third-order valence-corrected chi connectivity index (χ3v) is 9.89. The van der Waals surface area contributed by atoms with Crippen LogP contribution in [0, 0.1) is 47.3 Å².